The first-order chi connectivity index (χ1) is 9.58. The fourth-order valence-electron chi connectivity index (χ4n) is 2.64. The number of hydrogen-bond acceptors (Lipinski definition) is 5. The Balaban J connectivity index is 1.79. The number of nitriles is 1. The lowest BCUT2D eigenvalue weighted by atomic mass is 9.96. The Bertz CT molecular complexity index is 498. The zero-order valence-electron chi connectivity index (χ0n) is 11.6. The maximum absolute atomic E-state index is 11.9. The molecule has 2 atom stereocenters. The molecule has 20 heavy (non-hydrogen) atoms. The quantitative estimate of drug-likeness (QED) is 0.883. The highest BCUT2D eigenvalue weighted by molar-refractivity contribution is 7.14. The zero-order valence-corrected chi connectivity index (χ0v) is 12.4. The van der Waals surface area contributed by atoms with E-state index in [1.807, 2.05) is 0 Å². The summed E-state index contributed by atoms with van der Waals surface area (Å²) in [6, 6.07) is 3.99. The molecule has 0 aromatic carbocycles. The van der Waals surface area contributed by atoms with Crippen molar-refractivity contribution < 1.29 is 4.79 Å². The number of nitrogens with zero attached hydrogens (tertiary/aromatic N) is 2. The lowest BCUT2D eigenvalue weighted by Crippen LogP contribution is -2.47. The van der Waals surface area contributed by atoms with Crippen molar-refractivity contribution in [2.45, 2.75) is 25.8 Å². The van der Waals surface area contributed by atoms with E-state index in [2.05, 4.69) is 23.2 Å². The van der Waals surface area contributed by atoms with E-state index in [4.69, 9.17) is 11.0 Å². The Hall–Kier alpha value is -1.42. The van der Waals surface area contributed by atoms with Crippen LogP contribution in [0.4, 0.5) is 5.00 Å². The van der Waals surface area contributed by atoms with Gasteiger partial charge in [0.25, 0.3) is 0 Å². The van der Waals surface area contributed by atoms with Gasteiger partial charge in [0.05, 0.1) is 5.56 Å². The smallest absolute Gasteiger partial charge is 0.226 e. The SMILES string of the molecule is CC1CC(N)CN(CCC(=O)Nc2sccc2C#N)C1. The summed E-state index contributed by atoms with van der Waals surface area (Å²) in [7, 11) is 0. The largest absolute Gasteiger partial charge is 0.327 e. The monoisotopic (exact) mass is 292 g/mol. The van der Waals surface area contributed by atoms with Crippen LogP contribution in [0.2, 0.25) is 0 Å². The third-order valence-corrected chi connectivity index (χ3v) is 4.29. The molecule has 0 bridgehead atoms. The highest BCUT2D eigenvalue weighted by Crippen LogP contribution is 2.22. The third-order valence-electron chi connectivity index (χ3n) is 3.46. The maximum Gasteiger partial charge on any atom is 0.226 e. The standard InChI is InChI=1S/C14H20N4OS/c1-10-6-12(16)9-18(8-10)4-2-13(19)17-14-11(7-15)3-5-20-14/h3,5,10,12H,2,4,6,8-9,16H2,1H3,(H,17,19). The van der Waals surface area contributed by atoms with Gasteiger partial charge in [0.2, 0.25) is 5.91 Å². The summed E-state index contributed by atoms with van der Waals surface area (Å²) < 4.78 is 0. The van der Waals surface area contributed by atoms with Gasteiger partial charge in [-0.3, -0.25) is 4.79 Å². The lowest BCUT2D eigenvalue weighted by molar-refractivity contribution is -0.116. The first kappa shape index (κ1) is 15.0. The molecule has 1 fully saturated rings. The molecule has 1 aliphatic rings. The molecule has 0 radical (unpaired) electrons. The van der Waals surface area contributed by atoms with Gasteiger partial charge in [-0.05, 0) is 23.8 Å². The van der Waals surface area contributed by atoms with E-state index >= 15 is 0 Å². The Labute approximate surface area is 123 Å². The molecule has 1 aromatic heterocycles. The van der Waals surface area contributed by atoms with Gasteiger partial charge in [-0.1, -0.05) is 6.92 Å². The van der Waals surface area contributed by atoms with Gasteiger partial charge in [0.1, 0.15) is 11.1 Å². The van der Waals surface area contributed by atoms with Gasteiger partial charge in [0, 0.05) is 32.1 Å². The van der Waals surface area contributed by atoms with E-state index in [1.54, 1.807) is 11.4 Å². The normalized spacial score (nSPS) is 23.2. The van der Waals surface area contributed by atoms with E-state index < -0.39 is 0 Å². The molecule has 2 heterocycles. The number of likely N-dealkylation sites (tertiary alicyclic amines) is 1. The summed E-state index contributed by atoms with van der Waals surface area (Å²) >= 11 is 1.38. The number of carbonyl (C=O) groups excluding carboxylic acids is 1. The highest BCUT2D eigenvalue weighted by Gasteiger charge is 2.22. The second kappa shape index (κ2) is 6.84. The van der Waals surface area contributed by atoms with Crippen molar-refractivity contribution in [2.75, 3.05) is 25.0 Å². The van der Waals surface area contributed by atoms with Crippen molar-refractivity contribution in [3.8, 4) is 6.07 Å². The van der Waals surface area contributed by atoms with Gasteiger partial charge >= 0.3 is 0 Å². The molecule has 0 spiro atoms. The van der Waals surface area contributed by atoms with E-state index in [0.717, 1.165) is 26.1 Å². The lowest BCUT2D eigenvalue weighted by Gasteiger charge is -2.34. The van der Waals surface area contributed by atoms with Crippen LogP contribution in [0.1, 0.15) is 25.3 Å². The van der Waals surface area contributed by atoms with E-state index in [0.29, 0.717) is 22.9 Å². The minimum Gasteiger partial charge on any atom is -0.327 e. The summed E-state index contributed by atoms with van der Waals surface area (Å²) in [5, 5.41) is 14.1. The number of thiophene rings is 1. The molecule has 2 unspecified atom stereocenters. The number of piperidine rings is 1. The second-order valence-electron chi connectivity index (χ2n) is 5.43. The summed E-state index contributed by atoms with van der Waals surface area (Å²) in [5.74, 6) is 0.542. The number of anilines is 1. The number of nitrogens with two attached hydrogens (primary N) is 1. The van der Waals surface area contributed by atoms with Gasteiger partial charge in [-0.25, -0.2) is 0 Å². The molecule has 0 saturated carbocycles. The molecular weight excluding hydrogens is 272 g/mol. The molecule has 2 rings (SSSR count). The third kappa shape index (κ3) is 4.04. The van der Waals surface area contributed by atoms with E-state index in [9.17, 15) is 4.79 Å². The summed E-state index contributed by atoms with van der Waals surface area (Å²) in [6.07, 6.45) is 1.49. The fourth-order valence-corrected chi connectivity index (χ4v) is 3.39. The Morgan fingerprint density at radius 2 is 2.45 bits per heavy atom. The van der Waals surface area contributed by atoms with Crippen molar-refractivity contribution in [3.63, 3.8) is 0 Å². The van der Waals surface area contributed by atoms with Crippen molar-refractivity contribution in [3.05, 3.63) is 17.0 Å². The second-order valence-corrected chi connectivity index (χ2v) is 6.35. The molecule has 3 N–H and O–H groups in total. The van der Waals surface area contributed by atoms with Crippen LogP contribution >= 0.6 is 11.3 Å². The van der Waals surface area contributed by atoms with Crippen LogP contribution in [-0.2, 0) is 4.79 Å². The van der Waals surface area contributed by atoms with Crippen LogP contribution in [-0.4, -0.2) is 36.5 Å². The average Bonchev–Trinajstić information content (AvgIpc) is 2.82. The van der Waals surface area contributed by atoms with E-state index in [1.165, 1.54) is 11.3 Å². The minimum absolute atomic E-state index is 0.0456. The average molecular weight is 292 g/mol. The molecule has 1 aromatic rings. The Morgan fingerprint density at radius 3 is 3.15 bits per heavy atom. The number of nitrogens with one attached hydrogen (secondary N) is 1. The van der Waals surface area contributed by atoms with Crippen LogP contribution in [0.25, 0.3) is 0 Å². The van der Waals surface area contributed by atoms with Crippen molar-refractivity contribution in [1.82, 2.24) is 4.90 Å². The fraction of sp³-hybridized carbons (Fsp3) is 0.571. The summed E-state index contributed by atoms with van der Waals surface area (Å²) in [6.45, 7) is 4.78. The zero-order chi connectivity index (χ0) is 14.5. The minimum atomic E-state index is -0.0456. The van der Waals surface area contributed by atoms with Crippen molar-refractivity contribution in [1.29, 1.82) is 5.26 Å². The van der Waals surface area contributed by atoms with Crippen LogP contribution in [0.15, 0.2) is 11.4 Å². The molecular formula is C14H20N4OS. The van der Waals surface area contributed by atoms with E-state index in [-0.39, 0.29) is 11.9 Å². The first-order valence-electron chi connectivity index (χ1n) is 6.84. The van der Waals surface area contributed by atoms with Crippen LogP contribution < -0.4 is 11.1 Å². The van der Waals surface area contributed by atoms with Crippen molar-refractivity contribution >= 4 is 22.2 Å². The molecule has 1 amide bonds. The Kier molecular flexibility index (Phi) is 5.12. The molecule has 108 valence electrons. The van der Waals surface area contributed by atoms with Gasteiger partial charge in [-0.15, -0.1) is 11.3 Å². The van der Waals surface area contributed by atoms with Crippen LogP contribution in [0, 0.1) is 17.2 Å². The topological polar surface area (TPSA) is 82.2 Å². The number of hydrogen-bond donors (Lipinski definition) is 2. The van der Waals surface area contributed by atoms with Gasteiger partial charge in [0.15, 0.2) is 0 Å². The molecule has 1 saturated heterocycles. The Morgan fingerprint density at radius 1 is 1.65 bits per heavy atom. The number of rotatable bonds is 4. The molecule has 1 aliphatic heterocycles. The summed E-state index contributed by atoms with van der Waals surface area (Å²) in [5.41, 5.74) is 6.52. The number of carbonyl (C=O) groups is 1. The van der Waals surface area contributed by atoms with Crippen LogP contribution in [0.3, 0.4) is 0 Å². The first-order valence-corrected chi connectivity index (χ1v) is 7.72. The number of amides is 1. The predicted molar refractivity (Wildman–Crippen MR) is 80.5 cm³/mol. The summed E-state index contributed by atoms with van der Waals surface area (Å²) in [4.78, 5) is 14.2. The molecule has 6 heteroatoms. The van der Waals surface area contributed by atoms with Gasteiger partial charge < -0.3 is 16.0 Å². The highest BCUT2D eigenvalue weighted by atomic mass is 32.1. The molecule has 0 aliphatic carbocycles. The van der Waals surface area contributed by atoms with Crippen LogP contribution in [0.5, 0.6) is 0 Å². The maximum atomic E-state index is 11.9. The molecule has 5 nitrogen and oxygen atoms in total. The predicted octanol–water partition coefficient (Wildman–Crippen LogP) is 1.62. The van der Waals surface area contributed by atoms with Gasteiger partial charge in [-0.2, -0.15) is 5.26 Å². The van der Waals surface area contributed by atoms with Crippen molar-refractivity contribution in [2.24, 2.45) is 11.7 Å².